The number of ether oxygens (including phenoxy) is 1. The van der Waals surface area contributed by atoms with Crippen molar-refractivity contribution >= 4 is 0 Å². The Morgan fingerprint density at radius 2 is 2.12 bits per heavy atom. The summed E-state index contributed by atoms with van der Waals surface area (Å²) in [5, 5.41) is 7.23. The fourth-order valence-electron chi connectivity index (χ4n) is 1.46. The Labute approximate surface area is 97.3 Å². The van der Waals surface area contributed by atoms with E-state index in [1.165, 1.54) is 6.42 Å². The molecule has 0 aromatic carbocycles. The number of unbranched alkanes of at least 4 members (excludes halogenated alkanes) is 1. The molecule has 0 unspecified atom stereocenters. The molecule has 1 heterocycles. The van der Waals surface area contributed by atoms with Crippen LogP contribution in [0.25, 0.3) is 0 Å². The minimum atomic E-state index is 0.767. The van der Waals surface area contributed by atoms with E-state index in [9.17, 15) is 0 Å². The van der Waals surface area contributed by atoms with Crippen molar-refractivity contribution in [2.45, 2.75) is 40.2 Å². The molecule has 0 fully saturated rings. The third-order valence-corrected chi connectivity index (χ3v) is 2.55. The van der Waals surface area contributed by atoms with E-state index in [1.54, 1.807) is 0 Å². The summed E-state index contributed by atoms with van der Waals surface area (Å²) >= 11 is 0. The van der Waals surface area contributed by atoms with Crippen LogP contribution < -0.4 is 5.32 Å². The molecule has 0 bridgehead atoms. The van der Waals surface area contributed by atoms with Gasteiger partial charge >= 0.3 is 0 Å². The quantitative estimate of drug-likeness (QED) is 0.690. The number of aryl methyl sites for hydroxylation is 2. The Morgan fingerprint density at radius 1 is 1.31 bits per heavy atom. The SMILES string of the molecule is CCCCOCCNCc1c(C)noc1C. The van der Waals surface area contributed by atoms with Crippen molar-refractivity contribution in [2.75, 3.05) is 19.8 Å². The molecule has 0 amide bonds. The fourth-order valence-corrected chi connectivity index (χ4v) is 1.46. The van der Waals surface area contributed by atoms with E-state index in [2.05, 4.69) is 17.4 Å². The normalized spacial score (nSPS) is 10.9. The first-order chi connectivity index (χ1) is 7.75. The highest BCUT2D eigenvalue weighted by Crippen LogP contribution is 2.10. The van der Waals surface area contributed by atoms with E-state index < -0.39 is 0 Å². The summed E-state index contributed by atoms with van der Waals surface area (Å²) in [7, 11) is 0. The lowest BCUT2D eigenvalue weighted by Crippen LogP contribution is -2.20. The van der Waals surface area contributed by atoms with Gasteiger partial charge in [0.1, 0.15) is 5.76 Å². The highest BCUT2D eigenvalue weighted by atomic mass is 16.5. The molecule has 1 N–H and O–H groups in total. The summed E-state index contributed by atoms with van der Waals surface area (Å²) in [6, 6.07) is 0. The molecule has 4 nitrogen and oxygen atoms in total. The van der Waals surface area contributed by atoms with Gasteiger partial charge in [0.2, 0.25) is 0 Å². The molecule has 0 spiro atoms. The number of rotatable bonds is 8. The van der Waals surface area contributed by atoms with E-state index in [4.69, 9.17) is 9.26 Å². The lowest BCUT2D eigenvalue weighted by Gasteiger charge is -2.05. The molecule has 1 rings (SSSR count). The predicted molar refractivity (Wildman–Crippen MR) is 63.4 cm³/mol. The summed E-state index contributed by atoms with van der Waals surface area (Å²) in [6.45, 7) is 9.37. The smallest absolute Gasteiger partial charge is 0.138 e. The molecule has 0 aliphatic carbocycles. The van der Waals surface area contributed by atoms with Crippen LogP contribution in [-0.4, -0.2) is 24.9 Å². The molecule has 0 aliphatic rings. The van der Waals surface area contributed by atoms with Gasteiger partial charge in [-0.15, -0.1) is 0 Å². The van der Waals surface area contributed by atoms with Crippen molar-refractivity contribution in [2.24, 2.45) is 0 Å². The third kappa shape index (κ3) is 4.33. The van der Waals surface area contributed by atoms with Gasteiger partial charge in [0.25, 0.3) is 0 Å². The van der Waals surface area contributed by atoms with Crippen LogP contribution in [0, 0.1) is 13.8 Å². The van der Waals surface area contributed by atoms with E-state index in [-0.39, 0.29) is 0 Å². The summed E-state index contributed by atoms with van der Waals surface area (Å²) in [5.74, 6) is 0.900. The molecule has 0 aliphatic heterocycles. The van der Waals surface area contributed by atoms with Gasteiger partial charge in [-0.05, 0) is 20.3 Å². The van der Waals surface area contributed by atoms with E-state index in [0.717, 1.165) is 49.7 Å². The predicted octanol–water partition coefficient (Wildman–Crippen LogP) is 2.20. The molecule has 0 radical (unpaired) electrons. The van der Waals surface area contributed by atoms with Gasteiger partial charge in [-0.1, -0.05) is 18.5 Å². The van der Waals surface area contributed by atoms with Crippen molar-refractivity contribution in [3.8, 4) is 0 Å². The molecular formula is C12H22N2O2. The second-order valence-corrected chi connectivity index (χ2v) is 3.95. The van der Waals surface area contributed by atoms with Crippen LogP contribution in [0.2, 0.25) is 0 Å². The number of aromatic nitrogens is 1. The molecular weight excluding hydrogens is 204 g/mol. The molecule has 1 aromatic heterocycles. The molecule has 4 heteroatoms. The zero-order valence-electron chi connectivity index (χ0n) is 10.5. The zero-order valence-corrected chi connectivity index (χ0v) is 10.5. The fraction of sp³-hybridized carbons (Fsp3) is 0.750. The zero-order chi connectivity index (χ0) is 11.8. The summed E-state index contributed by atoms with van der Waals surface area (Å²) in [6.07, 6.45) is 2.33. The van der Waals surface area contributed by atoms with Crippen molar-refractivity contribution < 1.29 is 9.26 Å². The Hall–Kier alpha value is -0.870. The summed E-state index contributed by atoms with van der Waals surface area (Å²) in [5.41, 5.74) is 2.13. The standard InChI is InChI=1S/C12H22N2O2/c1-4-5-7-15-8-6-13-9-12-10(2)14-16-11(12)3/h13H,4-9H2,1-3H3. The van der Waals surface area contributed by atoms with Gasteiger partial charge in [-0.3, -0.25) is 0 Å². The largest absolute Gasteiger partial charge is 0.380 e. The Morgan fingerprint density at radius 3 is 2.75 bits per heavy atom. The van der Waals surface area contributed by atoms with Crippen molar-refractivity contribution in [1.82, 2.24) is 10.5 Å². The summed E-state index contributed by atoms with van der Waals surface area (Å²) < 4.78 is 10.5. The monoisotopic (exact) mass is 226 g/mol. The Bertz CT molecular complexity index is 278. The van der Waals surface area contributed by atoms with Gasteiger partial charge in [0, 0.05) is 25.3 Å². The first-order valence-corrected chi connectivity index (χ1v) is 5.96. The molecule has 0 atom stereocenters. The summed E-state index contributed by atoms with van der Waals surface area (Å²) in [4.78, 5) is 0. The van der Waals surface area contributed by atoms with Crippen LogP contribution in [0.15, 0.2) is 4.52 Å². The Kier molecular flexibility index (Phi) is 6.11. The number of nitrogens with one attached hydrogen (secondary N) is 1. The molecule has 92 valence electrons. The number of nitrogens with zero attached hydrogens (tertiary/aromatic N) is 1. The maximum Gasteiger partial charge on any atom is 0.138 e. The van der Waals surface area contributed by atoms with Gasteiger partial charge in [-0.2, -0.15) is 0 Å². The highest BCUT2D eigenvalue weighted by Gasteiger charge is 2.07. The Balaban J connectivity index is 2.07. The number of hydrogen-bond acceptors (Lipinski definition) is 4. The third-order valence-electron chi connectivity index (χ3n) is 2.55. The van der Waals surface area contributed by atoms with Gasteiger partial charge in [-0.25, -0.2) is 0 Å². The van der Waals surface area contributed by atoms with Crippen molar-refractivity contribution in [3.05, 3.63) is 17.0 Å². The van der Waals surface area contributed by atoms with Crippen LogP contribution >= 0.6 is 0 Å². The van der Waals surface area contributed by atoms with E-state index in [0.29, 0.717) is 0 Å². The topological polar surface area (TPSA) is 47.3 Å². The van der Waals surface area contributed by atoms with Gasteiger partial charge < -0.3 is 14.6 Å². The van der Waals surface area contributed by atoms with Crippen LogP contribution in [0.1, 0.15) is 36.8 Å². The van der Waals surface area contributed by atoms with Gasteiger partial charge in [0.05, 0.1) is 12.3 Å². The van der Waals surface area contributed by atoms with Crippen LogP contribution in [0.3, 0.4) is 0 Å². The van der Waals surface area contributed by atoms with Crippen LogP contribution in [0.5, 0.6) is 0 Å². The minimum absolute atomic E-state index is 0.767. The second-order valence-electron chi connectivity index (χ2n) is 3.95. The van der Waals surface area contributed by atoms with Crippen molar-refractivity contribution in [1.29, 1.82) is 0 Å². The average molecular weight is 226 g/mol. The van der Waals surface area contributed by atoms with Crippen LogP contribution in [0.4, 0.5) is 0 Å². The average Bonchev–Trinajstić information content (AvgIpc) is 2.59. The highest BCUT2D eigenvalue weighted by molar-refractivity contribution is 5.20. The number of hydrogen-bond donors (Lipinski definition) is 1. The second kappa shape index (κ2) is 7.41. The van der Waals surface area contributed by atoms with Gasteiger partial charge in [0.15, 0.2) is 0 Å². The lowest BCUT2D eigenvalue weighted by atomic mass is 10.2. The van der Waals surface area contributed by atoms with E-state index in [1.807, 2.05) is 13.8 Å². The lowest BCUT2D eigenvalue weighted by molar-refractivity contribution is 0.133. The molecule has 0 saturated carbocycles. The molecule has 16 heavy (non-hydrogen) atoms. The van der Waals surface area contributed by atoms with Crippen LogP contribution in [-0.2, 0) is 11.3 Å². The maximum atomic E-state index is 5.45. The van der Waals surface area contributed by atoms with Crippen molar-refractivity contribution in [3.63, 3.8) is 0 Å². The first kappa shape index (κ1) is 13.2. The maximum absolute atomic E-state index is 5.45. The molecule has 1 aromatic rings. The molecule has 0 saturated heterocycles. The minimum Gasteiger partial charge on any atom is -0.380 e. The van der Waals surface area contributed by atoms with E-state index >= 15 is 0 Å². The first-order valence-electron chi connectivity index (χ1n) is 5.96.